The number of nitrogens with two attached hydrogens (primary N) is 1. The molecule has 110 valence electrons. The van der Waals surface area contributed by atoms with Crippen molar-refractivity contribution < 1.29 is 4.92 Å². The summed E-state index contributed by atoms with van der Waals surface area (Å²) in [5, 5.41) is 11.1. The Morgan fingerprint density at radius 1 is 1.24 bits per heavy atom. The molecule has 0 amide bonds. The molecule has 0 fully saturated rings. The van der Waals surface area contributed by atoms with Crippen LogP contribution in [0.2, 0.25) is 0 Å². The fourth-order valence-corrected chi connectivity index (χ4v) is 2.49. The SMILES string of the molecule is Cc1cnc(CC(N)Cc2ccccc2)c(C)c1[N+](=O)[O-]. The molecular formula is C16H19N3O2. The molecule has 1 atom stereocenters. The first kappa shape index (κ1) is 15.1. The molecule has 0 saturated heterocycles. The van der Waals surface area contributed by atoms with Crippen LogP contribution in [0.1, 0.15) is 22.4 Å². The van der Waals surface area contributed by atoms with Gasteiger partial charge in [-0.25, -0.2) is 0 Å². The minimum Gasteiger partial charge on any atom is -0.327 e. The van der Waals surface area contributed by atoms with Crippen molar-refractivity contribution in [3.63, 3.8) is 0 Å². The zero-order valence-electron chi connectivity index (χ0n) is 12.2. The Bertz CT molecular complexity index is 641. The maximum absolute atomic E-state index is 11.1. The highest BCUT2D eigenvalue weighted by Gasteiger charge is 2.19. The number of rotatable bonds is 5. The molecule has 5 nitrogen and oxygen atoms in total. The fraction of sp³-hybridized carbons (Fsp3) is 0.312. The van der Waals surface area contributed by atoms with Gasteiger partial charge in [0.2, 0.25) is 0 Å². The molecule has 2 N–H and O–H groups in total. The predicted molar refractivity (Wildman–Crippen MR) is 82.2 cm³/mol. The van der Waals surface area contributed by atoms with Gasteiger partial charge in [-0.05, 0) is 25.8 Å². The van der Waals surface area contributed by atoms with Crippen molar-refractivity contribution >= 4 is 5.69 Å². The Labute approximate surface area is 124 Å². The highest BCUT2D eigenvalue weighted by molar-refractivity contribution is 5.47. The van der Waals surface area contributed by atoms with E-state index in [-0.39, 0.29) is 16.7 Å². The van der Waals surface area contributed by atoms with Gasteiger partial charge in [0.1, 0.15) is 0 Å². The number of pyridine rings is 1. The summed E-state index contributed by atoms with van der Waals surface area (Å²) < 4.78 is 0. The molecule has 0 radical (unpaired) electrons. The molecule has 2 aromatic rings. The maximum Gasteiger partial charge on any atom is 0.278 e. The number of benzene rings is 1. The number of nitrogens with zero attached hydrogens (tertiary/aromatic N) is 2. The molecule has 21 heavy (non-hydrogen) atoms. The first-order chi connectivity index (χ1) is 9.99. The van der Waals surface area contributed by atoms with Crippen LogP contribution < -0.4 is 5.73 Å². The summed E-state index contributed by atoms with van der Waals surface area (Å²) in [5.41, 5.74) is 9.36. The highest BCUT2D eigenvalue weighted by Crippen LogP contribution is 2.24. The molecule has 0 saturated carbocycles. The Balaban J connectivity index is 2.16. The van der Waals surface area contributed by atoms with Crippen molar-refractivity contribution in [1.29, 1.82) is 0 Å². The summed E-state index contributed by atoms with van der Waals surface area (Å²) in [6.07, 6.45) is 2.81. The van der Waals surface area contributed by atoms with E-state index in [2.05, 4.69) is 4.98 Å². The largest absolute Gasteiger partial charge is 0.327 e. The van der Waals surface area contributed by atoms with E-state index in [1.807, 2.05) is 30.3 Å². The Morgan fingerprint density at radius 2 is 1.90 bits per heavy atom. The molecule has 1 aromatic heterocycles. The van der Waals surface area contributed by atoms with Crippen LogP contribution in [0.15, 0.2) is 36.5 Å². The maximum atomic E-state index is 11.1. The number of hydrogen-bond donors (Lipinski definition) is 1. The molecule has 0 spiro atoms. The summed E-state index contributed by atoms with van der Waals surface area (Å²) in [4.78, 5) is 15.1. The van der Waals surface area contributed by atoms with Crippen LogP contribution in [0.25, 0.3) is 0 Å². The Morgan fingerprint density at radius 3 is 2.52 bits per heavy atom. The topological polar surface area (TPSA) is 82.0 Å². The van der Waals surface area contributed by atoms with Crippen LogP contribution in [-0.2, 0) is 12.8 Å². The van der Waals surface area contributed by atoms with Gasteiger partial charge in [-0.3, -0.25) is 15.1 Å². The molecule has 1 heterocycles. The number of aryl methyl sites for hydroxylation is 1. The molecule has 0 aliphatic rings. The van der Waals surface area contributed by atoms with Crippen molar-refractivity contribution in [2.45, 2.75) is 32.7 Å². The fourth-order valence-electron chi connectivity index (χ4n) is 2.49. The predicted octanol–water partition coefficient (Wildman–Crippen LogP) is 2.72. The van der Waals surface area contributed by atoms with Gasteiger partial charge in [-0.15, -0.1) is 0 Å². The van der Waals surface area contributed by atoms with Crippen LogP contribution in [0, 0.1) is 24.0 Å². The molecule has 5 heteroatoms. The second kappa shape index (κ2) is 6.45. The highest BCUT2D eigenvalue weighted by atomic mass is 16.6. The van der Waals surface area contributed by atoms with Crippen LogP contribution >= 0.6 is 0 Å². The van der Waals surface area contributed by atoms with Crippen LogP contribution in [-0.4, -0.2) is 15.9 Å². The van der Waals surface area contributed by atoms with E-state index in [9.17, 15) is 10.1 Å². The minimum absolute atomic E-state index is 0.110. The van der Waals surface area contributed by atoms with Gasteiger partial charge in [0.05, 0.1) is 10.6 Å². The van der Waals surface area contributed by atoms with Gasteiger partial charge in [0, 0.05) is 29.8 Å². The number of hydrogen-bond acceptors (Lipinski definition) is 4. The Hall–Kier alpha value is -2.27. The van der Waals surface area contributed by atoms with Crippen molar-refractivity contribution in [3.8, 4) is 0 Å². The van der Waals surface area contributed by atoms with Crippen molar-refractivity contribution in [1.82, 2.24) is 4.98 Å². The molecule has 2 rings (SSSR count). The Kier molecular flexibility index (Phi) is 4.65. The monoisotopic (exact) mass is 285 g/mol. The third-order valence-corrected chi connectivity index (χ3v) is 3.55. The van der Waals surface area contributed by atoms with E-state index in [1.54, 1.807) is 20.0 Å². The van der Waals surface area contributed by atoms with Gasteiger partial charge < -0.3 is 5.73 Å². The van der Waals surface area contributed by atoms with Gasteiger partial charge in [0.15, 0.2) is 0 Å². The molecule has 0 aliphatic carbocycles. The van der Waals surface area contributed by atoms with Gasteiger partial charge in [-0.1, -0.05) is 30.3 Å². The second-order valence-electron chi connectivity index (χ2n) is 5.27. The summed E-state index contributed by atoms with van der Waals surface area (Å²) in [6.45, 7) is 3.44. The van der Waals surface area contributed by atoms with E-state index >= 15 is 0 Å². The summed E-state index contributed by atoms with van der Waals surface area (Å²) in [7, 11) is 0. The number of aromatic nitrogens is 1. The smallest absolute Gasteiger partial charge is 0.278 e. The van der Waals surface area contributed by atoms with Crippen LogP contribution in [0.5, 0.6) is 0 Å². The van der Waals surface area contributed by atoms with E-state index < -0.39 is 0 Å². The summed E-state index contributed by atoms with van der Waals surface area (Å²) in [5.74, 6) is 0. The third-order valence-electron chi connectivity index (χ3n) is 3.55. The minimum atomic E-state index is -0.349. The summed E-state index contributed by atoms with van der Waals surface area (Å²) >= 11 is 0. The van der Waals surface area contributed by atoms with Crippen LogP contribution in [0.3, 0.4) is 0 Å². The van der Waals surface area contributed by atoms with Crippen molar-refractivity contribution in [2.75, 3.05) is 0 Å². The molecule has 0 bridgehead atoms. The average Bonchev–Trinajstić information content (AvgIpc) is 2.43. The lowest BCUT2D eigenvalue weighted by molar-refractivity contribution is -0.386. The first-order valence-electron chi connectivity index (χ1n) is 6.88. The molecule has 0 aliphatic heterocycles. The van der Waals surface area contributed by atoms with E-state index in [1.165, 1.54) is 0 Å². The van der Waals surface area contributed by atoms with Gasteiger partial charge >= 0.3 is 0 Å². The van der Waals surface area contributed by atoms with E-state index in [0.717, 1.165) is 12.0 Å². The van der Waals surface area contributed by atoms with Gasteiger partial charge in [0.25, 0.3) is 5.69 Å². The standard InChI is InChI=1S/C16H19N3O2/c1-11-10-18-15(12(2)16(11)19(20)21)9-14(17)8-13-6-4-3-5-7-13/h3-7,10,14H,8-9,17H2,1-2H3. The van der Waals surface area contributed by atoms with Crippen molar-refractivity contribution in [2.24, 2.45) is 5.73 Å². The average molecular weight is 285 g/mol. The lowest BCUT2D eigenvalue weighted by Crippen LogP contribution is -2.26. The molecule has 1 unspecified atom stereocenters. The quantitative estimate of drug-likeness (QED) is 0.676. The lowest BCUT2D eigenvalue weighted by Gasteiger charge is -2.13. The third kappa shape index (κ3) is 3.64. The number of nitro groups is 1. The first-order valence-corrected chi connectivity index (χ1v) is 6.88. The van der Waals surface area contributed by atoms with E-state index in [4.69, 9.17) is 5.73 Å². The summed E-state index contributed by atoms with van der Waals surface area (Å²) in [6, 6.07) is 9.85. The normalized spacial score (nSPS) is 12.1. The lowest BCUT2D eigenvalue weighted by atomic mass is 9.99. The van der Waals surface area contributed by atoms with Crippen LogP contribution in [0.4, 0.5) is 5.69 Å². The molecular weight excluding hydrogens is 266 g/mol. The van der Waals surface area contributed by atoms with Crippen molar-refractivity contribution in [3.05, 3.63) is 69.0 Å². The van der Waals surface area contributed by atoms with E-state index in [0.29, 0.717) is 23.2 Å². The van der Waals surface area contributed by atoms with Gasteiger partial charge in [-0.2, -0.15) is 0 Å². The zero-order chi connectivity index (χ0) is 15.4. The zero-order valence-corrected chi connectivity index (χ0v) is 12.2. The second-order valence-corrected chi connectivity index (χ2v) is 5.27. The molecule has 1 aromatic carbocycles.